The van der Waals surface area contributed by atoms with Crippen molar-refractivity contribution in [1.82, 2.24) is 15.3 Å². The highest BCUT2D eigenvalue weighted by Gasteiger charge is 2.19. The Morgan fingerprint density at radius 3 is 2.10 bits per heavy atom. The first kappa shape index (κ1) is 30.2. The highest BCUT2D eigenvalue weighted by molar-refractivity contribution is 5.82. The summed E-state index contributed by atoms with van der Waals surface area (Å²) in [7, 11) is 0. The highest BCUT2D eigenvalue weighted by atomic mass is 16.6. The van der Waals surface area contributed by atoms with Gasteiger partial charge in [-0.3, -0.25) is 0 Å². The molecular weight excluding hydrogens is 530 g/mol. The number of hydrogen-bond acceptors (Lipinski definition) is 7. The van der Waals surface area contributed by atoms with Gasteiger partial charge in [0.1, 0.15) is 24.1 Å². The molecule has 4 rings (SSSR count). The number of ether oxygens (including phenoxy) is 3. The lowest BCUT2D eigenvalue weighted by Crippen LogP contribution is -2.41. The average molecular weight is 568 g/mol. The van der Waals surface area contributed by atoms with E-state index >= 15 is 0 Å². The van der Waals surface area contributed by atoms with E-state index in [1.165, 1.54) is 32.6 Å². The van der Waals surface area contributed by atoms with Crippen molar-refractivity contribution >= 4 is 12.1 Å². The molecule has 1 heterocycles. The van der Waals surface area contributed by atoms with Gasteiger partial charge in [-0.15, -0.1) is 0 Å². The second-order valence-corrected chi connectivity index (χ2v) is 9.96. The minimum absolute atomic E-state index is 0.111. The molecule has 0 aliphatic carbocycles. The summed E-state index contributed by atoms with van der Waals surface area (Å²) in [6.07, 6.45) is 8.93. The lowest BCUT2D eigenvalue weighted by Gasteiger charge is -2.13. The Kier molecular flexibility index (Phi) is 11.5. The second-order valence-electron chi connectivity index (χ2n) is 9.96. The summed E-state index contributed by atoms with van der Waals surface area (Å²) in [5, 5.41) is 2.48. The van der Waals surface area contributed by atoms with E-state index in [0.717, 1.165) is 41.0 Å². The summed E-state index contributed by atoms with van der Waals surface area (Å²) in [4.78, 5) is 33.5. The van der Waals surface area contributed by atoms with Crippen molar-refractivity contribution in [3.05, 3.63) is 96.8 Å². The molecule has 0 aliphatic rings. The van der Waals surface area contributed by atoms with Gasteiger partial charge in [0.25, 0.3) is 0 Å². The number of hydrogen-bond donors (Lipinski definition) is 1. The monoisotopic (exact) mass is 567 g/mol. The maximum Gasteiger partial charge on any atom is 0.408 e. The molecule has 8 nitrogen and oxygen atoms in total. The SMILES string of the molecule is CCCCCCCOc1ccc(-c2cnc(-c3ccc(OC(=O)C(C)NC(=O)OCc4ccccc4)cc3)nc2)cc1. The Balaban J connectivity index is 1.23. The van der Waals surface area contributed by atoms with Crippen molar-refractivity contribution in [1.29, 1.82) is 0 Å². The van der Waals surface area contributed by atoms with Crippen molar-refractivity contribution in [2.75, 3.05) is 6.61 Å². The number of unbranched alkanes of at least 4 members (excludes halogenated alkanes) is 4. The van der Waals surface area contributed by atoms with Gasteiger partial charge in [0.05, 0.1) is 6.61 Å². The molecule has 0 radical (unpaired) electrons. The molecule has 1 amide bonds. The van der Waals surface area contributed by atoms with Crippen LogP contribution in [0.15, 0.2) is 91.3 Å². The fraction of sp³-hybridized carbons (Fsp3) is 0.294. The highest BCUT2D eigenvalue weighted by Crippen LogP contribution is 2.24. The topological polar surface area (TPSA) is 99.6 Å². The first-order valence-electron chi connectivity index (χ1n) is 14.4. The van der Waals surface area contributed by atoms with E-state index in [9.17, 15) is 9.59 Å². The minimum atomic E-state index is -0.889. The van der Waals surface area contributed by atoms with Crippen LogP contribution in [0.2, 0.25) is 0 Å². The molecule has 0 fully saturated rings. The molecule has 42 heavy (non-hydrogen) atoms. The van der Waals surface area contributed by atoms with Gasteiger partial charge >= 0.3 is 12.1 Å². The Labute approximate surface area is 247 Å². The maximum absolute atomic E-state index is 12.4. The summed E-state index contributed by atoms with van der Waals surface area (Å²) in [6, 6.07) is 23.2. The molecule has 8 heteroatoms. The van der Waals surface area contributed by atoms with Gasteiger partial charge in [-0.25, -0.2) is 19.6 Å². The van der Waals surface area contributed by atoms with Crippen LogP contribution in [0.3, 0.4) is 0 Å². The third-order valence-electron chi connectivity index (χ3n) is 6.59. The number of carbonyl (C=O) groups excluding carboxylic acids is 2. The first-order chi connectivity index (χ1) is 20.5. The normalized spacial score (nSPS) is 11.4. The molecular formula is C34H37N3O5. The van der Waals surface area contributed by atoms with Crippen molar-refractivity contribution in [3.63, 3.8) is 0 Å². The van der Waals surface area contributed by atoms with Gasteiger partial charge in [0, 0.05) is 23.5 Å². The Morgan fingerprint density at radius 2 is 1.40 bits per heavy atom. The van der Waals surface area contributed by atoms with E-state index in [4.69, 9.17) is 14.2 Å². The molecule has 0 bridgehead atoms. The van der Waals surface area contributed by atoms with Gasteiger partial charge < -0.3 is 19.5 Å². The van der Waals surface area contributed by atoms with Crippen LogP contribution in [0.25, 0.3) is 22.5 Å². The zero-order valence-corrected chi connectivity index (χ0v) is 24.1. The van der Waals surface area contributed by atoms with Crippen LogP contribution in [-0.2, 0) is 16.1 Å². The van der Waals surface area contributed by atoms with Crippen LogP contribution in [-0.4, -0.2) is 34.7 Å². The van der Waals surface area contributed by atoms with Crippen molar-refractivity contribution in [3.8, 4) is 34.0 Å². The summed E-state index contributed by atoms with van der Waals surface area (Å²) in [5.41, 5.74) is 3.54. The molecule has 1 unspecified atom stereocenters. The lowest BCUT2D eigenvalue weighted by atomic mass is 10.1. The van der Waals surface area contributed by atoms with Gasteiger partial charge in [-0.1, -0.05) is 75.1 Å². The number of alkyl carbamates (subject to hydrolysis) is 1. The van der Waals surface area contributed by atoms with Crippen LogP contribution in [0, 0.1) is 0 Å². The standard InChI is InChI=1S/C34H37N3O5/c1-3-4-5-6-10-21-40-30-17-13-27(14-18-30)29-22-35-32(36-23-29)28-15-19-31(20-16-28)42-33(38)25(2)37-34(39)41-24-26-11-8-7-9-12-26/h7-9,11-20,22-23,25H,3-6,10,21,24H2,1-2H3,(H,37,39). The number of aromatic nitrogens is 2. The molecule has 218 valence electrons. The van der Waals surface area contributed by atoms with Crippen LogP contribution in [0.4, 0.5) is 4.79 Å². The van der Waals surface area contributed by atoms with Crippen molar-refractivity contribution in [2.45, 2.75) is 58.6 Å². The molecule has 0 saturated carbocycles. The third-order valence-corrected chi connectivity index (χ3v) is 6.59. The zero-order valence-electron chi connectivity index (χ0n) is 24.1. The van der Waals surface area contributed by atoms with Crippen LogP contribution in [0.1, 0.15) is 51.5 Å². The number of carbonyl (C=O) groups is 2. The number of nitrogens with one attached hydrogen (secondary N) is 1. The lowest BCUT2D eigenvalue weighted by molar-refractivity contribution is -0.136. The second kappa shape index (κ2) is 15.9. The van der Waals surface area contributed by atoms with Crippen LogP contribution in [0.5, 0.6) is 11.5 Å². The summed E-state index contributed by atoms with van der Waals surface area (Å²) >= 11 is 0. The van der Waals surface area contributed by atoms with Gasteiger partial charge in [-0.05, 0) is 60.9 Å². The average Bonchev–Trinajstić information content (AvgIpc) is 3.03. The van der Waals surface area contributed by atoms with Gasteiger partial charge in [0.15, 0.2) is 5.82 Å². The largest absolute Gasteiger partial charge is 0.494 e. The van der Waals surface area contributed by atoms with E-state index in [1.807, 2.05) is 54.6 Å². The maximum atomic E-state index is 12.4. The molecule has 0 saturated heterocycles. The summed E-state index contributed by atoms with van der Waals surface area (Å²) in [5.74, 6) is 1.15. The third kappa shape index (κ3) is 9.44. The molecule has 1 N–H and O–H groups in total. The van der Waals surface area contributed by atoms with E-state index < -0.39 is 18.1 Å². The predicted molar refractivity (Wildman–Crippen MR) is 162 cm³/mol. The summed E-state index contributed by atoms with van der Waals surface area (Å²) in [6.45, 7) is 4.59. The smallest absolute Gasteiger partial charge is 0.408 e. The summed E-state index contributed by atoms with van der Waals surface area (Å²) < 4.78 is 16.4. The molecule has 1 atom stereocenters. The Hall–Kier alpha value is -4.72. The molecule has 1 aromatic heterocycles. The van der Waals surface area contributed by atoms with Crippen LogP contribution >= 0.6 is 0 Å². The molecule has 4 aromatic rings. The Bertz CT molecular complexity index is 1390. The molecule has 3 aromatic carbocycles. The van der Waals surface area contributed by atoms with Crippen LogP contribution < -0.4 is 14.8 Å². The van der Waals surface area contributed by atoms with E-state index in [1.54, 1.807) is 36.7 Å². The van der Waals surface area contributed by atoms with E-state index in [2.05, 4.69) is 22.2 Å². The first-order valence-corrected chi connectivity index (χ1v) is 14.4. The van der Waals surface area contributed by atoms with Gasteiger partial charge in [-0.2, -0.15) is 0 Å². The number of amides is 1. The number of esters is 1. The molecule has 0 aliphatic heterocycles. The number of rotatable bonds is 14. The fourth-order valence-corrected chi connectivity index (χ4v) is 4.14. The van der Waals surface area contributed by atoms with E-state index in [-0.39, 0.29) is 6.61 Å². The molecule has 0 spiro atoms. The fourth-order valence-electron chi connectivity index (χ4n) is 4.14. The zero-order chi connectivity index (χ0) is 29.6. The predicted octanol–water partition coefficient (Wildman–Crippen LogP) is 7.38. The Morgan fingerprint density at radius 1 is 0.762 bits per heavy atom. The minimum Gasteiger partial charge on any atom is -0.494 e. The number of nitrogens with zero attached hydrogens (tertiary/aromatic N) is 2. The van der Waals surface area contributed by atoms with Gasteiger partial charge in [0.2, 0.25) is 0 Å². The number of benzene rings is 3. The van der Waals surface area contributed by atoms with E-state index in [0.29, 0.717) is 11.6 Å². The van der Waals surface area contributed by atoms with Crippen molar-refractivity contribution < 1.29 is 23.8 Å². The quantitative estimate of drug-likeness (QED) is 0.0964. The van der Waals surface area contributed by atoms with Crippen molar-refractivity contribution in [2.24, 2.45) is 0 Å².